The van der Waals surface area contributed by atoms with Gasteiger partial charge in [0.15, 0.2) is 6.61 Å². The number of aromatic amines is 1. The second kappa shape index (κ2) is 4.39. The van der Waals surface area contributed by atoms with Gasteiger partial charge in [-0.15, -0.1) is 10.2 Å². The highest BCUT2D eigenvalue weighted by molar-refractivity contribution is 9.10. The first-order valence-corrected chi connectivity index (χ1v) is 5.16. The van der Waals surface area contributed by atoms with Gasteiger partial charge in [0.1, 0.15) is 5.75 Å². The molecule has 6 heteroatoms. The Bertz CT molecular complexity index is 443. The molecule has 2 rings (SSSR count). The van der Waals surface area contributed by atoms with Crippen LogP contribution in [0.5, 0.6) is 5.75 Å². The van der Waals surface area contributed by atoms with Crippen molar-refractivity contribution in [1.29, 1.82) is 0 Å². The molecule has 0 saturated heterocycles. The largest absolute Gasteiger partial charge is 0.485 e. The summed E-state index contributed by atoms with van der Waals surface area (Å²) in [5.74, 6) is 1.35. The lowest BCUT2D eigenvalue weighted by atomic mass is 10.2. The highest BCUT2D eigenvalue weighted by Gasteiger charge is 2.03. The number of ether oxygens (including phenoxy) is 1. The summed E-state index contributed by atoms with van der Waals surface area (Å²) in [7, 11) is 0. The molecule has 0 aliphatic carbocycles. The summed E-state index contributed by atoms with van der Waals surface area (Å²) in [4.78, 5) is 0. The Morgan fingerprint density at radius 3 is 3.07 bits per heavy atom. The van der Waals surface area contributed by atoms with Gasteiger partial charge >= 0.3 is 0 Å². The number of rotatable bonds is 3. The van der Waals surface area contributed by atoms with Crippen molar-refractivity contribution in [2.45, 2.75) is 13.5 Å². The molecule has 0 atom stereocenters. The van der Waals surface area contributed by atoms with E-state index in [2.05, 4.69) is 36.6 Å². The number of benzene rings is 1. The predicted octanol–water partition coefficient (Wildman–Crippen LogP) is 1.85. The van der Waals surface area contributed by atoms with Gasteiger partial charge in [-0.1, -0.05) is 27.2 Å². The van der Waals surface area contributed by atoms with Crippen LogP contribution in [-0.4, -0.2) is 20.6 Å². The number of halogens is 1. The maximum absolute atomic E-state index is 5.55. The van der Waals surface area contributed by atoms with Gasteiger partial charge in [0.25, 0.3) is 0 Å². The highest BCUT2D eigenvalue weighted by atomic mass is 79.9. The fourth-order valence-electron chi connectivity index (χ4n) is 1.12. The third kappa shape index (κ3) is 2.53. The maximum atomic E-state index is 5.55. The van der Waals surface area contributed by atoms with Crippen molar-refractivity contribution in [3.8, 4) is 5.75 Å². The molecule has 1 heterocycles. The fourth-order valence-corrected chi connectivity index (χ4v) is 1.46. The lowest BCUT2D eigenvalue weighted by molar-refractivity contribution is 0.294. The summed E-state index contributed by atoms with van der Waals surface area (Å²) in [6.07, 6.45) is 0. The second-order valence-corrected chi connectivity index (χ2v) is 3.94. The van der Waals surface area contributed by atoms with E-state index in [-0.39, 0.29) is 0 Å². The lowest BCUT2D eigenvalue weighted by Gasteiger charge is -2.06. The Labute approximate surface area is 95.0 Å². The summed E-state index contributed by atoms with van der Waals surface area (Å²) in [5.41, 5.74) is 1.07. The van der Waals surface area contributed by atoms with Crippen LogP contribution >= 0.6 is 15.9 Å². The van der Waals surface area contributed by atoms with Crippen LogP contribution in [0.2, 0.25) is 0 Å². The summed E-state index contributed by atoms with van der Waals surface area (Å²) in [5, 5.41) is 13.4. The van der Waals surface area contributed by atoms with Crippen LogP contribution in [0.25, 0.3) is 0 Å². The second-order valence-electron chi connectivity index (χ2n) is 3.03. The van der Waals surface area contributed by atoms with Crippen molar-refractivity contribution in [3.63, 3.8) is 0 Å². The van der Waals surface area contributed by atoms with Crippen LogP contribution in [0.1, 0.15) is 11.4 Å². The molecule has 0 fully saturated rings. The average molecular weight is 269 g/mol. The lowest BCUT2D eigenvalue weighted by Crippen LogP contribution is -1.99. The van der Waals surface area contributed by atoms with Gasteiger partial charge in [-0.2, -0.15) is 5.21 Å². The first kappa shape index (κ1) is 10.1. The van der Waals surface area contributed by atoms with Gasteiger partial charge in [0.05, 0.1) is 0 Å². The minimum Gasteiger partial charge on any atom is -0.485 e. The number of tetrazole rings is 1. The molecule has 5 nitrogen and oxygen atoms in total. The van der Waals surface area contributed by atoms with Crippen LogP contribution < -0.4 is 4.74 Å². The number of aromatic nitrogens is 4. The van der Waals surface area contributed by atoms with Gasteiger partial charge in [0.2, 0.25) is 5.82 Å². The molecule has 0 unspecified atom stereocenters. The first-order valence-electron chi connectivity index (χ1n) is 4.37. The molecule has 0 aliphatic heterocycles. The zero-order valence-electron chi connectivity index (χ0n) is 8.07. The van der Waals surface area contributed by atoms with Gasteiger partial charge in [-0.3, -0.25) is 0 Å². The molecule has 0 radical (unpaired) electrons. The van der Waals surface area contributed by atoms with Crippen molar-refractivity contribution in [2.24, 2.45) is 0 Å². The number of aryl methyl sites for hydroxylation is 1. The van der Waals surface area contributed by atoms with E-state index >= 15 is 0 Å². The maximum Gasteiger partial charge on any atom is 0.211 e. The molecule has 78 valence electrons. The minimum absolute atomic E-state index is 0.313. The van der Waals surface area contributed by atoms with Crippen LogP contribution in [0.3, 0.4) is 0 Å². The molecule has 1 aromatic carbocycles. The molecule has 1 aromatic heterocycles. The van der Waals surface area contributed by atoms with Crippen molar-refractivity contribution in [1.82, 2.24) is 20.6 Å². The van der Waals surface area contributed by atoms with E-state index in [1.54, 1.807) is 0 Å². The standard InChI is InChI=1S/C9H9BrN4O/c1-6-2-3-7(10)4-8(6)15-5-9-11-13-14-12-9/h2-4H,5H2,1H3,(H,11,12,13,14). The molecule has 0 aliphatic rings. The van der Waals surface area contributed by atoms with Gasteiger partial charge in [0, 0.05) is 4.47 Å². The van der Waals surface area contributed by atoms with Crippen molar-refractivity contribution in [2.75, 3.05) is 0 Å². The van der Waals surface area contributed by atoms with E-state index in [0.29, 0.717) is 12.4 Å². The van der Waals surface area contributed by atoms with E-state index in [1.165, 1.54) is 0 Å². The predicted molar refractivity (Wildman–Crippen MR) is 57.4 cm³/mol. The van der Waals surface area contributed by atoms with Crippen molar-refractivity contribution < 1.29 is 4.74 Å². The fraction of sp³-hybridized carbons (Fsp3) is 0.222. The van der Waals surface area contributed by atoms with E-state index < -0.39 is 0 Å². The Hall–Kier alpha value is -1.43. The van der Waals surface area contributed by atoms with Crippen LogP contribution in [0.4, 0.5) is 0 Å². The van der Waals surface area contributed by atoms with E-state index in [0.717, 1.165) is 15.8 Å². The molecular weight excluding hydrogens is 260 g/mol. The average Bonchev–Trinajstić information content (AvgIpc) is 2.72. The molecule has 1 N–H and O–H groups in total. The smallest absolute Gasteiger partial charge is 0.211 e. The third-order valence-corrected chi connectivity index (χ3v) is 2.39. The Morgan fingerprint density at radius 1 is 1.47 bits per heavy atom. The van der Waals surface area contributed by atoms with Gasteiger partial charge < -0.3 is 4.74 Å². The first-order chi connectivity index (χ1) is 7.25. The summed E-state index contributed by atoms with van der Waals surface area (Å²) >= 11 is 3.39. The Balaban J connectivity index is 2.07. The van der Waals surface area contributed by atoms with Gasteiger partial charge in [-0.25, -0.2) is 0 Å². The Kier molecular flexibility index (Phi) is 2.96. The molecule has 15 heavy (non-hydrogen) atoms. The molecule has 0 amide bonds. The summed E-state index contributed by atoms with van der Waals surface area (Å²) < 4.78 is 6.53. The quantitative estimate of drug-likeness (QED) is 0.923. The van der Waals surface area contributed by atoms with Crippen LogP contribution in [-0.2, 0) is 6.61 Å². The summed E-state index contributed by atoms with van der Waals surface area (Å²) in [6, 6.07) is 5.86. The van der Waals surface area contributed by atoms with Gasteiger partial charge in [-0.05, 0) is 24.6 Å². The minimum atomic E-state index is 0.313. The molecule has 0 saturated carbocycles. The third-order valence-electron chi connectivity index (χ3n) is 1.90. The van der Waals surface area contributed by atoms with Crippen LogP contribution in [0, 0.1) is 6.92 Å². The molecular formula is C9H9BrN4O. The number of H-pyrrole nitrogens is 1. The van der Waals surface area contributed by atoms with E-state index in [1.807, 2.05) is 25.1 Å². The monoisotopic (exact) mass is 268 g/mol. The van der Waals surface area contributed by atoms with Crippen LogP contribution in [0.15, 0.2) is 22.7 Å². The van der Waals surface area contributed by atoms with Crippen molar-refractivity contribution >= 4 is 15.9 Å². The number of nitrogens with zero attached hydrogens (tertiary/aromatic N) is 3. The zero-order chi connectivity index (χ0) is 10.7. The topological polar surface area (TPSA) is 63.7 Å². The summed E-state index contributed by atoms with van der Waals surface area (Å²) in [6.45, 7) is 2.30. The SMILES string of the molecule is Cc1ccc(Br)cc1OCc1nn[nH]n1. The normalized spacial score (nSPS) is 10.3. The Morgan fingerprint density at radius 2 is 2.33 bits per heavy atom. The molecule has 2 aromatic rings. The molecule has 0 spiro atoms. The molecule has 0 bridgehead atoms. The number of nitrogens with one attached hydrogen (secondary N) is 1. The zero-order valence-corrected chi connectivity index (χ0v) is 9.65. The van der Waals surface area contributed by atoms with Crippen molar-refractivity contribution in [3.05, 3.63) is 34.1 Å². The van der Waals surface area contributed by atoms with E-state index in [9.17, 15) is 0 Å². The highest BCUT2D eigenvalue weighted by Crippen LogP contribution is 2.23. The van der Waals surface area contributed by atoms with E-state index in [4.69, 9.17) is 4.74 Å². The number of hydrogen-bond acceptors (Lipinski definition) is 4. The number of hydrogen-bond donors (Lipinski definition) is 1.